The number of pyridine rings is 1. The predicted molar refractivity (Wildman–Crippen MR) is 102 cm³/mol. The van der Waals surface area contributed by atoms with Gasteiger partial charge in [0.25, 0.3) is 5.82 Å². The lowest BCUT2D eigenvalue weighted by Gasteiger charge is -2.23. The van der Waals surface area contributed by atoms with Gasteiger partial charge in [0, 0.05) is 25.6 Å². The summed E-state index contributed by atoms with van der Waals surface area (Å²) in [4.78, 5) is 6.94. The van der Waals surface area contributed by atoms with Gasteiger partial charge in [-0.05, 0) is 23.8 Å². The van der Waals surface area contributed by atoms with Crippen LogP contribution in [0.3, 0.4) is 0 Å². The fourth-order valence-electron chi connectivity index (χ4n) is 3.04. The summed E-state index contributed by atoms with van der Waals surface area (Å²) in [5.41, 5.74) is 0.490. The van der Waals surface area contributed by atoms with Crippen molar-refractivity contribution >= 4 is 23.1 Å². The zero-order chi connectivity index (χ0) is 19.3. The zero-order valence-electron chi connectivity index (χ0n) is 14.8. The van der Waals surface area contributed by atoms with Crippen molar-refractivity contribution in [2.75, 3.05) is 31.1 Å². The van der Waals surface area contributed by atoms with Gasteiger partial charge in [0.05, 0.1) is 18.7 Å². The Morgan fingerprint density at radius 2 is 1.81 bits per heavy atom. The first-order chi connectivity index (χ1) is 12.9. The van der Waals surface area contributed by atoms with Crippen LogP contribution in [0.15, 0.2) is 48.7 Å². The molecule has 0 spiro atoms. The highest BCUT2D eigenvalue weighted by Gasteiger charge is 2.32. The molecule has 1 saturated heterocycles. The third kappa shape index (κ3) is 5.32. The van der Waals surface area contributed by atoms with Crippen LogP contribution in [-0.2, 0) is 12.7 Å². The van der Waals surface area contributed by atoms with Crippen molar-refractivity contribution in [2.24, 2.45) is 0 Å². The first-order valence-corrected chi connectivity index (χ1v) is 9.25. The average Bonchev–Trinajstić information content (AvgIpc) is 2.93. The quantitative estimate of drug-likeness (QED) is 0.810. The van der Waals surface area contributed by atoms with Gasteiger partial charge in [-0.2, -0.15) is 13.2 Å². The number of anilines is 1. The molecular formula is C19H22F3N4S+. The van der Waals surface area contributed by atoms with E-state index < -0.39 is 11.7 Å². The van der Waals surface area contributed by atoms with Crippen molar-refractivity contribution in [3.8, 4) is 0 Å². The molecule has 2 heterocycles. The highest BCUT2D eigenvalue weighted by molar-refractivity contribution is 7.80. The molecule has 0 radical (unpaired) electrons. The van der Waals surface area contributed by atoms with Gasteiger partial charge >= 0.3 is 6.18 Å². The molecule has 4 nitrogen and oxygen atoms in total. The van der Waals surface area contributed by atoms with Gasteiger partial charge in [-0.25, -0.2) is 4.98 Å². The molecule has 144 valence electrons. The van der Waals surface area contributed by atoms with Gasteiger partial charge in [-0.3, -0.25) is 4.90 Å². The van der Waals surface area contributed by atoms with Gasteiger partial charge in [0.1, 0.15) is 12.7 Å². The summed E-state index contributed by atoms with van der Waals surface area (Å²) >= 11 is 5.51. The molecule has 1 aromatic carbocycles. The van der Waals surface area contributed by atoms with Gasteiger partial charge < -0.3 is 10.2 Å². The van der Waals surface area contributed by atoms with Crippen LogP contribution in [0, 0.1) is 0 Å². The van der Waals surface area contributed by atoms with E-state index in [9.17, 15) is 13.2 Å². The number of nitrogens with zero attached hydrogens (tertiary/aromatic N) is 2. The Labute approximate surface area is 162 Å². The maximum atomic E-state index is 12.7. The monoisotopic (exact) mass is 395 g/mol. The van der Waals surface area contributed by atoms with E-state index in [1.54, 1.807) is 0 Å². The standard InChI is InChI=1S/C19H21F3N4S/c20-19(21,22)16-7-8-17(23-14-16)25-9-4-10-26(12-11-25)18(27)24-13-15-5-2-1-3-6-15/h1-3,5-8,14H,4,9-13H2,(H,24,27)/p+1. The molecule has 1 fully saturated rings. The first-order valence-electron chi connectivity index (χ1n) is 8.84. The molecular weight excluding hydrogens is 373 g/mol. The van der Waals surface area contributed by atoms with E-state index in [4.69, 9.17) is 12.2 Å². The number of hydrogen-bond acceptors (Lipinski definition) is 2. The number of aromatic nitrogens is 1. The molecule has 1 aromatic heterocycles. The minimum Gasteiger partial charge on any atom is -0.358 e. The van der Waals surface area contributed by atoms with Crippen LogP contribution in [0.1, 0.15) is 17.5 Å². The van der Waals surface area contributed by atoms with Gasteiger partial charge in [-0.15, -0.1) is 0 Å². The number of rotatable bonds is 3. The molecule has 1 aliphatic heterocycles. The summed E-state index contributed by atoms with van der Waals surface area (Å²) in [5.74, 6) is 0.688. The number of halogens is 3. The molecule has 0 amide bonds. The number of alkyl halides is 3. The molecule has 0 aliphatic carbocycles. The summed E-state index contributed by atoms with van der Waals surface area (Å²) in [6.45, 7) is 3.66. The van der Waals surface area contributed by atoms with Gasteiger partial charge in [-0.1, -0.05) is 30.3 Å². The lowest BCUT2D eigenvalue weighted by Crippen LogP contribution is -2.42. The topological polar surface area (TPSA) is 32.6 Å². The molecule has 27 heavy (non-hydrogen) atoms. The summed E-state index contributed by atoms with van der Waals surface area (Å²) in [7, 11) is 0. The molecule has 2 aromatic rings. The van der Waals surface area contributed by atoms with Crippen LogP contribution in [0.25, 0.3) is 0 Å². The van der Waals surface area contributed by atoms with Crippen molar-refractivity contribution in [1.29, 1.82) is 0 Å². The maximum absolute atomic E-state index is 12.7. The van der Waals surface area contributed by atoms with Gasteiger partial charge in [0.15, 0.2) is 5.11 Å². The van der Waals surface area contributed by atoms with E-state index in [1.165, 1.54) is 6.07 Å². The van der Waals surface area contributed by atoms with E-state index in [2.05, 4.69) is 20.1 Å². The first kappa shape index (κ1) is 19.4. The number of benzene rings is 1. The van der Waals surface area contributed by atoms with Crippen molar-refractivity contribution < 1.29 is 18.2 Å². The van der Waals surface area contributed by atoms with Gasteiger partial charge in [0.2, 0.25) is 0 Å². The van der Waals surface area contributed by atoms with E-state index in [-0.39, 0.29) is 0 Å². The molecule has 2 N–H and O–H groups in total. The summed E-state index contributed by atoms with van der Waals surface area (Å²) in [6.07, 6.45) is -2.44. The number of H-pyrrole nitrogens is 1. The number of hydrogen-bond donors (Lipinski definition) is 1. The molecule has 0 unspecified atom stereocenters. The molecule has 3 rings (SSSR count). The Kier molecular flexibility index (Phi) is 6.15. The van der Waals surface area contributed by atoms with Crippen LogP contribution in [-0.4, -0.2) is 36.2 Å². The Morgan fingerprint density at radius 3 is 2.48 bits per heavy atom. The third-order valence-corrected chi connectivity index (χ3v) is 4.94. The van der Waals surface area contributed by atoms with Crippen LogP contribution >= 0.6 is 12.2 Å². The van der Waals surface area contributed by atoms with Crippen molar-refractivity contribution in [2.45, 2.75) is 19.1 Å². The smallest absolute Gasteiger partial charge is 0.358 e. The fourth-order valence-corrected chi connectivity index (χ4v) is 3.29. The summed E-state index contributed by atoms with van der Waals surface area (Å²) in [6, 6.07) is 12.6. The molecule has 8 heteroatoms. The van der Waals surface area contributed by atoms with Crippen molar-refractivity contribution in [1.82, 2.24) is 10.2 Å². The minimum atomic E-state index is -4.33. The molecule has 0 bridgehead atoms. The second-order valence-electron chi connectivity index (χ2n) is 6.43. The highest BCUT2D eigenvalue weighted by atomic mass is 32.1. The maximum Gasteiger partial charge on any atom is 0.419 e. The Hall–Kier alpha value is -2.35. The SMILES string of the molecule is FC(F)(F)c1ccc(N2CCCN(C(=S)NCc3ccccc3)CC2)[nH+]c1. The summed E-state index contributed by atoms with van der Waals surface area (Å²) in [5, 5.41) is 3.99. The Morgan fingerprint density at radius 1 is 1.04 bits per heavy atom. The average molecular weight is 395 g/mol. The Bertz CT molecular complexity index is 750. The van der Waals surface area contributed by atoms with Crippen LogP contribution in [0.5, 0.6) is 0 Å². The van der Waals surface area contributed by atoms with Crippen molar-refractivity contribution in [3.63, 3.8) is 0 Å². The van der Waals surface area contributed by atoms with Crippen LogP contribution < -0.4 is 15.2 Å². The summed E-state index contributed by atoms with van der Waals surface area (Å²) < 4.78 is 38.1. The van der Waals surface area contributed by atoms with E-state index >= 15 is 0 Å². The zero-order valence-corrected chi connectivity index (χ0v) is 15.6. The van der Waals surface area contributed by atoms with E-state index in [1.807, 2.05) is 30.3 Å². The second kappa shape index (κ2) is 8.56. The lowest BCUT2D eigenvalue weighted by atomic mass is 10.2. The van der Waals surface area contributed by atoms with Crippen molar-refractivity contribution in [3.05, 3.63) is 59.8 Å². The number of nitrogens with one attached hydrogen (secondary N) is 2. The number of thiocarbonyl (C=S) groups is 1. The third-order valence-electron chi connectivity index (χ3n) is 4.53. The molecule has 0 saturated carbocycles. The lowest BCUT2D eigenvalue weighted by molar-refractivity contribution is -0.367. The highest BCUT2D eigenvalue weighted by Crippen LogP contribution is 2.28. The van der Waals surface area contributed by atoms with E-state index in [0.717, 1.165) is 43.9 Å². The van der Waals surface area contributed by atoms with Crippen LogP contribution in [0.2, 0.25) is 0 Å². The molecule has 0 atom stereocenters. The normalized spacial score (nSPS) is 15.4. The molecule has 1 aliphatic rings. The van der Waals surface area contributed by atoms with Crippen LogP contribution in [0.4, 0.5) is 19.0 Å². The Balaban J connectivity index is 1.54. The fraction of sp³-hybridized carbons (Fsp3) is 0.368. The number of aromatic amines is 1. The largest absolute Gasteiger partial charge is 0.419 e. The predicted octanol–water partition coefficient (Wildman–Crippen LogP) is 3.11. The second-order valence-corrected chi connectivity index (χ2v) is 6.82. The van der Waals surface area contributed by atoms with E-state index in [0.29, 0.717) is 24.0 Å². The minimum absolute atomic E-state index is 0.672.